The van der Waals surface area contributed by atoms with Gasteiger partial charge in [0, 0.05) is 5.56 Å². The van der Waals surface area contributed by atoms with Crippen molar-refractivity contribution in [3.63, 3.8) is 0 Å². The number of methoxy groups -OCH3 is 2. The average molecular weight is 354 g/mol. The zero-order valence-electron chi connectivity index (χ0n) is 14.3. The van der Waals surface area contributed by atoms with Crippen molar-refractivity contribution in [2.24, 2.45) is 5.92 Å². The van der Waals surface area contributed by atoms with Gasteiger partial charge in [0.25, 0.3) is 0 Å². The van der Waals surface area contributed by atoms with Gasteiger partial charge in [0.05, 0.1) is 14.2 Å². The number of alkyl halides is 1. The molecule has 1 fully saturated rings. The van der Waals surface area contributed by atoms with Crippen LogP contribution >= 0.6 is 11.6 Å². The second kappa shape index (κ2) is 7.88. The van der Waals surface area contributed by atoms with Crippen molar-refractivity contribution < 1.29 is 19.1 Å². The molecule has 0 radical (unpaired) electrons. The van der Waals surface area contributed by atoms with Crippen LogP contribution in [0, 0.1) is 5.92 Å². The van der Waals surface area contributed by atoms with Gasteiger partial charge in [0.2, 0.25) is 5.91 Å². The van der Waals surface area contributed by atoms with Crippen LogP contribution in [-0.4, -0.2) is 31.6 Å². The van der Waals surface area contributed by atoms with Gasteiger partial charge in [-0.3, -0.25) is 4.79 Å². The van der Waals surface area contributed by atoms with Crippen molar-refractivity contribution in [1.29, 1.82) is 0 Å². The molecule has 132 valence electrons. The molecule has 1 aromatic carbocycles. The lowest BCUT2D eigenvalue weighted by Gasteiger charge is -2.38. The Hall–Kier alpha value is -1.75. The number of carbonyl (C=O) groups excluding carboxylic acids is 2. The summed E-state index contributed by atoms with van der Waals surface area (Å²) < 4.78 is 10.2. The van der Waals surface area contributed by atoms with Gasteiger partial charge < -0.3 is 14.8 Å². The molecule has 6 heteroatoms. The molecule has 0 bridgehead atoms. The van der Waals surface area contributed by atoms with E-state index < -0.39 is 22.8 Å². The van der Waals surface area contributed by atoms with E-state index >= 15 is 0 Å². The molecule has 1 atom stereocenters. The summed E-state index contributed by atoms with van der Waals surface area (Å²) in [5.41, 5.74) is -0.420. The van der Waals surface area contributed by atoms with Gasteiger partial charge in [-0.1, -0.05) is 25.1 Å². The first-order chi connectivity index (χ1) is 11.4. The van der Waals surface area contributed by atoms with Crippen molar-refractivity contribution in [2.75, 3.05) is 14.2 Å². The van der Waals surface area contributed by atoms with Gasteiger partial charge in [0.15, 0.2) is 0 Å². The number of benzene rings is 1. The van der Waals surface area contributed by atoms with E-state index in [-0.39, 0.29) is 0 Å². The van der Waals surface area contributed by atoms with Crippen molar-refractivity contribution in [1.82, 2.24) is 5.32 Å². The minimum absolute atomic E-state index is 0.411. The van der Waals surface area contributed by atoms with Crippen LogP contribution < -0.4 is 10.1 Å². The molecule has 1 N–H and O–H groups in total. The first-order valence-corrected chi connectivity index (χ1v) is 8.54. The number of halogens is 1. The average Bonchev–Trinajstić information content (AvgIpc) is 2.62. The fourth-order valence-electron chi connectivity index (χ4n) is 3.15. The Kier molecular flexibility index (Phi) is 6.10. The Bertz CT molecular complexity index is 596. The van der Waals surface area contributed by atoms with Gasteiger partial charge in [-0.05, 0) is 37.7 Å². The molecule has 24 heavy (non-hydrogen) atoms. The maximum Gasteiger partial charge on any atom is 0.331 e. The van der Waals surface area contributed by atoms with E-state index in [0.29, 0.717) is 30.1 Å². The molecule has 0 heterocycles. The Morgan fingerprint density at radius 1 is 1.25 bits per heavy atom. The molecule has 0 aromatic heterocycles. The van der Waals surface area contributed by atoms with Crippen LogP contribution in [0.3, 0.4) is 0 Å². The standard InChI is InChI=1S/C18H24ClNO4/c1-12-8-10-18(11-9-12,17(22)24-3)20-16(21)15(19)13-6-4-5-7-14(13)23-2/h4-7,12,15H,8-11H2,1-3H3,(H,20,21). The van der Waals surface area contributed by atoms with Crippen LogP contribution in [0.25, 0.3) is 0 Å². The monoisotopic (exact) mass is 353 g/mol. The van der Waals surface area contributed by atoms with E-state index in [4.69, 9.17) is 21.1 Å². The zero-order chi connectivity index (χ0) is 17.7. The molecule has 1 aromatic rings. The topological polar surface area (TPSA) is 64.6 Å². The highest BCUT2D eigenvalue weighted by atomic mass is 35.5. The number of esters is 1. The summed E-state index contributed by atoms with van der Waals surface area (Å²) in [6, 6.07) is 7.08. The highest BCUT2D eigenvalue weighted by Gasteiger charge is 2.44. The quantitative estimate of drug-likeness (QED) is 0.652. The van der Waals surface area contributed by atoms with Gasteiger partial charge in [-0.25, -0.2) is 4.79 Å². The fourth-order valence-corrected chi connectivity index (χ4v) is 3.38. The summed E-state index contributed by atoms with van der Waals surface area (Å²) in [5, 5.41) is 1.91. The van der Waals surface area contributed by atoms with Crippen molar-refractivity contribution in [3.8, 4) is 5.75 Å². The van der Waals surface area contributed by atoms with E-state index in [1.807, 2.05) is 6.07 Å². The lowest BCUT2D eigenvalue weighted by Crippen LogP contribution is -2.57. The van der Waals surface area contributed by atoms with E-state index in [9.17, 15) is 9.59 Å². The molecular weight excluding hydrogens is 330 g/mol. The number of carbonyl (C=O) groups is 2. The van der Waals surface area contributed by atoms with E-state index in [0.717, 1.165) is 12.8 Å². The lowest BCUT2D eigenvalue weighted by atomic mass is 9.77. The first-order valence-electron chi connectivity index (χ1n) is 8.11. The normalized spacial score (nSPS) is 24.8. The number of hydrogen-bond acceptors (Lipinski definition) is 4. The van der Waals surface area contributed by atoms with Crippen molar-refractivity contribution in [3.05, 3.63) is 29.8 Å². The predicted octanol–water partition coefficient (Wildman–Crippen LogP) is 3.21. The van der Waals surface area contributed by atoms with Crippen LogP contribution in [0.1, 0.15) is 43.5 Å². The van der Waals surface area contributed by atoms with Gasteiger partial charge >= 0.3 is 5.97 Å². The Labute approximate surface area is 147 Å². The smallest absolute Gasteiger partial charge is 0.331 e. The van der Waals surface area contributed by atoms with E-state index in [1.54, 1.807) is 18.2 Å². The number of rotatable bonds is 5. The Morgan fingerprint density at radius 3 is 2.46 bits per heavy atom. The third-order valence-electron chi connectivity index (χ3n) is 4.71. The van der Waals surface area contributed by atoms with Gasteiger partial charge in [-0.15, -0.1) is 11.6 Å². The zero-order valence-corrected chi connectivity index (χ0v) is 15.1. The lowest BCUT2D eigenvalue weighted by molar-refractivity contribution is -0.153. The second-order valence-corrected chi connectivity index (χ2v) is 6.79. The molecule has 1 amide bonds. The number of ether oxygens (including phenoxy) is 2. The summed E-state index contributed by atoms with van der Waals surface area (Å²) in [6.07, 6.45) is 2.83. The third kappa shape index (κ3) is 3.83. The summed E-state index contributed by atoms with van der Waals surface area (Å²) in [4.78, 5) is 25.0. The highest BCUT2D eigenvalue weighted by Crippen LogP contribution is 2.35. The number of nitrogens with one attached hydrogen (secondary N) is 1. The van der Waals surface area contributed by atoms with E-state index in [1.165, 1.54) is 14.2 Å². The van der Waals surface area contributed by atoms with Crippen LogP contribution in [0.4, 0.5) is 0 Å². The predicted molar refractivity (Wildman–Crippen MR) is 92.1 cm³/mol. The minimum Gasteiger partial charge on any atom is -0.496 e. The molecule has 1 saturated carbocycles. The summed E-state index contributed by atoms with van der Waals surface area (Å²) in [6.45, 7) is 2.14. The van der Waals surface area contributed by atoms with Crippen molar-refractivity contribution in [2.45, 2.75) is 43.5 Å². The Morgan fingerprint density at radius 2 is 1.88 bits per heavy atom. The molecule has 5 nitrogen and oxygen atoms in total. The molecule has 0 saturated heterocycles. The molecular formula is C18H24ClNO4. The summed E-state index contributed by atoms with van der Waals surface area (Å²) in [5.74, 6) is 0.241. The number of amides is 1. The molecule has 2 rings (SSSR count). The minimum atomic E-state index is -0.993. The molecule has 1 aliphatic rings. The Balaban J connectivity index is 2.20. The van der Waals surface area contributed by atoms with Gasteiger partial charge in [0.1, 0.15) is 16.7 Å². The largest absolute Gasteiger partial charge is 0.496 e. The maximum atomic E-state index is 12.7. The summed E-state index contributed by atoms with van der Waals surface area (Å²) >= 11 is 6.35. The summed E-state index contributed by atoms with van der Waals surface area (Å²) in [7, 11) is 2.87. The highest BCUT2D eigenvalue weighted by molar-refractivity contribution is 6.31. The fraction of sp³-hybridized carbons (Fsp3) is 0.556. The van der Waals surface area contributed by atoms with Crippen LogP contribution in [-0.2, 0) is 14.3 Å². The SMILES string of the molecule is COC(=O)C1(NC(=O)C(Cl)c2ccccc2OC)CCC(C)CC1. The third-order valence-corrected chi connectivity index (χ3v) is 5.14. The van der Waals surface area contributed by atoms with Gasteiger partial charge in [-0.2, -0.15) is 0 Å². The molecule has 1 aliphatic carbocycles. The molecule has 1 unspecified atom stereocenters. The van der Waals surface area contributed by atoms with Crippen LogP contribution in [0.5, 0.6) is 5.75 Å². The van der Waals surface area contributed by atoms with Crippen molar-refractivity contribution >= 4 is 23.5 Å². The maximum absolute atomic E-state index is 12.7. The molecule has 0 spiro atoms. The number of hydrogen-bond donors (Lipinski definition) is 1. The molecule has 0 aliphatic heterocycles. The van der Waals surface area contributed by atoms with Crippen LogP contribution in [0.15, 0.2) is 24.3 Å². The van der Waals surface area contributed by atoms with E-state index in [2.05, 4.69) is 12.2 Å². The van der Waals surface area contributed by atoms with Crippen LogP contribution in [0.2, 0.25) is 0 Å². The number of para-hydroxylation sites is 1. The first kappa shape index (κ1) is 18.6. The second-order valence-electron chi connectivity index (χ2n) is 6.35.